The molecule has 0 aromatic heterocycles. The monoisotopic (exact) mass is 402 g/mol. The largest absolute Gasteiger partial charge is 0.484 e. The lowest BCUT2D eigenvalue weighted by atomic mass is 9.78. The second kappa shape index (κ2) is 10.1. The summed E-state index contributed by atoms with van der Waals surface area (Å²) >= 11 is 0. The molecule has 1 aromatic rings. The zero-order valence-corrected chi connectivity index (χ0v) is 17.7. The van der Waals surface area contributed by atoms with E-state index in [2.05, 4.69) is 12.2 Å². The van der Waals surface area contributed by atoms with Crippen LogP contribution in [0.5, 0.6) is 5.75 Å². The van der Waals surface area contributed by atoms with Crippen molar-refractivity contribution in [2.24, 2.45) is 5.92 Å². The Balaban J connectivity index is 1.54. The minimum Gasteiger partial charge on any atom is -0.484 e. The van der Waals surface area contributed by atoms with Crippen molar-refractivity contribution < 1.29 is 19.1 Å². The molecule has 1 saturated carbocycles. The summed E-state index contributed by atoms with van der Waals surface area (Å²) in [7, 11) is 0. The summed E-state index contributed by atoms with van der Waals surface area (Å²) in [5.41, 5.74) is -0.0235. The first-order valence-electron chi connectivity index (χ1n) is 11.0. The first kappa shape index (κ1) is 21.6. The lowest BCUT2D eigenvalue weighted by Gasteiger charge is -2.38. The van der Waals surface area contributed by atoms with Crippen LogP contribution in [-0.4, -0.2) is 48.6 Å². The Bertz CT molecular complexity index is 681. The maximum Gasteiger partial charge on any atom is 0.260 e. The third-order valence-electron chi connectivity index (χ3n) is 5.97. The molecule has 0 spiro atoms. The summed E-state index contributed by atoms with van der Waals surface area (Å²) < 4.78 is 11.6. The molecule has 1 aliphatic carbocycles. The van der Waals surface area contributed by atoms with Gasteiger partial charge in [-0.15, -0.1) is 0 Å². The normalized spacial score (nSPS) is 24.8. The van der Waals surface area contributed by atoms with Crippen molar-refractivity contribution in [2.45, 2.75) is 64.4 Å². The maximum atomic E-state index is 13.0. The van der Waals surface area contributed by atoms with Crippen molar-refractivity contribution in [2.75, 3.05) is 31.6 Å². The number of hydrogen-bond acceptors (Lipinski definition) is 4. The first-order chi connectivity index (χ1) is 14.0. The first-order valence-corrected chi connectivity index (χ1v) is 11.0. The van der Waals surface area contributed by atoms with Gasteiger partial charge in [-0.1, -0.05) is 13.3 Å². The molecule has 2 atom stereocenters. The molecule has 160 valence electrons. The van der Waals surface area contributed by atoms with E-state index >= 15 is 0 Å². The fourth-order valence-electron chi connectivity index (χ4n) is 4.44. The minimum atomic E-state index is -0.734. The molecule has 1 heterocycles. The minimum absolute atomic E-state index is 0.0344. The average molecular weight is 403 g/mol. The van der Waals surface area contributed by atoms with Crippen LogP contribution in [0.3, 0.4) is 0 Å². The number of anilines is 1. The van der Waals surface area contributed by atoms with Crippen LogP contribution in [0.25, 0.3) is 0 Å². The Kier molecular flexibility index (Phi) is 7.53. The number of rotatable bonds is 7. The zero-order chi connectivity index (χ0) is 20.7. The highest BCUT2D eigenvalue weighted by Crippen LogP contribution is 2.36. The van der Waals surface area contributed by atoms with Crippen LogP contribution in [0.1, 0.15) is 58.8 Å². The third kappa shape index (κ3) is 5.72. The number of hydrogen-bond donors (Lipinski definition) is 1. The second-order valence-corrected chi connectivity index (χ2v) is 8.34. The molecule has 2 amide bonds. The number of amides is 2. The van der Waals surface area contributed by atoms with Gasteiger partial charge >= 0.3 is 0 Å². The highest BCUT2D eigenvalue weighted by atomic mass is 16.5. The van der Waals surface area contributed by atoms with Crippen molar-refractivity contribution in [3.8, 4) is 5.75 Å². The second-order valence-electron chi connectivity index (χ2n) is 8.34. The van der Waals surface area contributed by atoms with E-state index < -0.39 is 5.60 Å². The summed E-state index contributed by atoms with van der Waals surface area (Å²) in [6.45, 7) is 6.35. The quantitative estimate of drug-likeness (QED) is 0.748. The van der Waals surface area contributed by atoms with E-state index in [1.165, 1.54) is 6.42 Å². The Hall–Kier alpha value is -2.08. The van der Waals surface area contributed by atoms with Gasteiger partial charge in [0.1, 0.15) is 11.4 Å². The molecule has 29 heavy (non-hydrogen) atoms. The van der Waals surface area contributed by atoms with Gasteiger partial charge < -0.3 is 19.7 Å². The molecule has 2 aliphatic rings. The molecule has 0 unspecified atom stereocenters. The Labute approximate surface area is 173 Å². The highest BCUT2D eigenvalue weighted by Gasteiger charge is 2.42. The van der Waals surface area contributed by atoms with Gasteiger partial charge in [-0.05, 0) is 75.6 Å². The zero-order valence-electron chi connectivity index (χ0n) is 17.7. The molecule has 1 aliphatic heterocycles. The fraction of sp³-hybridized carbons (Fsp3) is 0.652. The lowest BCUT2D eigenvalue weighted by molar-refractivity contribution is -0.147. The van der Waals surface area contributed by atoms with Gasteiger partial charge in [0.25, 0.3) is 11.8 Å². The van der Waals surface area contributed by atoms with Crippen molar-refractivity contribution in [1.29, 1.82) is 0 Å². The number of nitrogens with one attached hydrogen (secondary N) is 1. The summed E-state index contributed by atoms with van der Waals surface area (Å²) in [6, 6.07) is 7.20. The standard InChI is InChI=1S/C23H34N2O4/c1-3-29-23(13-7-8-18(2)16-23)22(27)24-19-9-11-20(12-10-19)28-17-21(26)25-14-5-4-6-15-25/h9-12,18H,3-8,13-17H2,1-2H3,(H,24,27)/t18-,23+/m0/s1. The van der Waals surface area contributed by atoms with Gasteiger partial charge in [0, 0.05) is 25.4 Å². The summed E-state index contributed by atoms with van der Waals surface area (Å²) in [5.74, 6) is 1.07. The van der Waals surface area contributed by atoms with Crippen molar-refractivity contribution in [3.05, 3.63) is 24.3 Å². The van der Waals surface area contributed by atoms with Gasteiger partial charge in [0.15, 0.2) is 6.61 Å². The number of piperidine rings is 1. The predicted molar refractivity (Wildman–Crippen MR) is 113 cm³/mol. The van der Waals surface area contributed by atoms with Crippen LogP contribution in [0, 0.1) is 5.92 Å². The van der Waals surface area contributed by atoms with Crippen LogP contribution in [-0.2, 0) is 14.3 Å². The number of ether oxygens (including phenoxy) is 2. The molecule has 0 bridgehead atoms. The van der Waals surface area contributed by atoms with E-state index in [0.717, 1.165) is 51.6 Å². The van der Waals surface area contributed by atoms with E-state index in [9.17, 15) is 9.59 Å². The van der Waals surface area contributed by atoms with Gasteiger partial charge in [0.05, 0.1) is 0 Å². The average Bonchev–Trinajstić information content (AvgIpc) is 2.74. The van der Waals surface area contributed by atoms with E-state index in [-0.39, 0.29) is 18.4 Å². The number of likely N-dealkylation sites (tertiary alicyclic amines) is 1. The Morgan fingerprint density at radius 1 is 1.14 bits per heavy atom. The maximum absolute atomic E-state index is 13.0. The van der Waals surface area contributed by atoms with Gasteiger partial charge in [0.2, 0.25) is 0 Å². The van der Waals surface area contributed by atoms with Crippen LogP contribution in [0.15, 0.2) is 24.3 Å². The van der Waals surface area contributed by atoms with Crippen molar-refractivity contribution in [1.82, 2.24) is 4.90 Å². The highest BCUT2D eigenvalue weighted by molar-refractivity contribution is 5.97. The van der Waals surface area contributed by atoms with Crippen LogP contribution >= 0.6 is 0 Å². The summed E-state index contributed by atoms with van der Waals surface area (Å²) in [4.78, 5) is 27.1. The van der Waals surface area contributed by atoms with E-state index in [4.69, 9.17) is 9.47 Å². The molecule has 6 heteroatoms. The molecule has 1 aromatic carbocycles. The molecule has 3 rings (SSSR count). The van der Waals surface area contributed by atoms with Crippen molar-refractivity contribution >= 4 is 17.5 Å². The Morgan fingerprint density at radius 3 is 2.52 bits per heavy atom. The third-order valence-corrected chi connectivity index (χ3v) is 5.97. The fourth-order valence-corrected chi connectivity index (χ4v) is 4.44. The topological polar surface area (TPSA) is 67.9 Å². The molecular formula is C23H34N2O4. The number of nitrogens with zero attached hydrogens (tertiary/aromatic N) is 1. The molecule has 0 radical (unpaired) electrons. The number of carbonyl (C=O) groups is 2. The van der Waals surface area contributed by atoms with Crippen LogP contribution in [0.2, 0.25) is 0 Å². The molecule has 1 saturated heterocycles. The SMILES string of the molecule is CCO[C@]1(C(=O)Nc2ccc(OCC(=O)N3CCCCC3)cc2)CCC[C@H](C)C1. The number of benzene rings is 1. The molecule has 6 nitrogen and oxygen atoms in total. The molecule has 2 fully saturated rings. The smallest absolute Gasteiger partial charge is 0.260 e. The van der Waals surface area contributed by atoms with E-state index in [1.54, 1.807) is 12.1 Å². The van der Waals surface area contributed by atoms with Crippen LogP contribution < -0.4 is 10.1 Å². The number of carbonyl (C=O) groups excluding carboxylic acids is 2. The Morgan fingerprint density at radius 2 is 1.86 bits per heavy atom. The van der Waals surface area contributed by atoms with Gasteiger partial charge in [-0.25, -0.2) is 0 Å². The van der Waals surface area contributed by atoms with E-state index in [0.29, 0.717) is 24.0 Å². The lowest BCUT2D eigenvalue weighted by Crippen LogP contribution is -2.48. The summed E-state index contributed by atoms with van der Waals surface area (Å²) in [5, 5.41) is 3.01. The molecular weight excluding hydrogens is 368 g/mol. The van der Waals surface area contributed by atoms with Gasteiger partial charge in [-0.2, -0.15) is 0 Å². The van der Waals surface area contributed by atoms with E-state index in [1.807, 2.05) is 24.0 Å². The summed E-state index contributed by atoms with van der Waals surface area (Å²) in [6.07, 6.45) is 7.01. The van der Waals surface area contributed by atoms with Gasteiger partial charge in [-0.3, -0.25) is 9.59 Å². The van der Waals surface area contributed by atoms with Crippen molar-refractivity contribution in [3.63, 3.8) is 0 Å². The van der Waals surface area contributed by atoms with Crippen LogP contribution in [0.4, 0.5) is 5.69 Å². The molecule has 1 N–H and O–H groups in total. The predicted octanol–water partition coefficient (Wildman–Crippen LogP) is 4.00.